The molecular formula is C17H19F3N6O2. The number of nitrogens with one attached hydrogen (secondary N) is 1. The molecule has 0 unspecified atom stereocenters. The molecule has 1 saturated carbocycles. The third kappa shape index (κ3) is 3.92. The third-order valence-electron chi connectivity index (χ3n) is 5.22. The van der Waals surface area contributed by atoms with Crippen molar-refractivity contribution in [2.45, 2.75) is 44.4 Å². The average molecular weight is 396 g/mol. The van der Waals surface area contributed by atoms with E-state index in [4.69, 9.17) is 4.74 Å². The second-order valence-electron chi connectivity index (χ2n) is 7.47. The van der Waals surface area contributed by atoms with Gasteiger partial charge in [0.2, 0.25) is 11.8 Å². The van der Waals surface area contributed by atoms with Crippen LogP contribution in [0.5, 0.6) is 5.88 Å². The first kappa shape index (κ1) is 18.6. The summed E-state index contributed by atoms with van der Waals surface area (Å²) in [5.74, 6) is 0.00133. The van der Waals surface area contributed by atoms with Gasteiger partial charge in [-0.15, -0.1) is 5.10 Å². The summed E-state index contributed by atoms with van der Waals surface area (Å²) in [7, 11) is 0. The number of aryl methyl sites for hydroxylation is 1. The van der Waals surface area contributed by atoms with Crippen LogP contribution < -0.4 is 4.74 Å². The highest BCUT2D eigenvalue weighted by atomic mass is 19.4. The van der Waals surface area contributed by atoms with Crippen molar-refractivity contribution in [1.29, 1.82) is 0 Å². The Morgan fingerprint density at radius 2 is 2.07 bits per heavy atom. The predicted octanol–water partition coefficient (Wildman–Crippen LogP) is 2.01. The smallest absolute Gasteiger partial charge is 0.435 e. The fourth-order valence-electron chi connectivity index (χ4n) is 3.83. The standard InChI is InChI=1S/C17H19F3N6O2/c18-17(19,20)13-7-21-8-14(23-13)28-12-4-16(5-12)9-26(10-16)15(27)3-1-2-11-6-22-25-24-11/h6-8,12H,1-5,9-10H2,(H,22,24,25). The first-order chi connectivity index (χ1) is 13.3. The number of carbonyl (C=O) groups is 1. The molecule has 1 aliphatic heterocycles. The Kier molecular flexibility index (Phi) is 4.68. The Morgan fingerprint density at radius 1 is 1.29 bits per heavy atom. The van der Waals surface area contributed by atoms with E-state index in [0.717, 1.165) is 18.5 Å². The monoisotopic (exact) mass is 396 g/mol. The van der Waals surface area contributed by atoms with E-state index < -0.39 is 11.9 Å². The molecule has 150 valence electrons. The zero-order chi connectivity index (χ0) is 19.8. The number of carbonyl (C=O) groups excluding carboxylic acids is 1. The number of rotatable bonds is 6. The summed E-state index contributed by atoms with van der Waals surface area (Å²) in [4.78, 5) is 21.1. The lowest BCUT2D eigenvalue weighted by molar-refractivity contribution is -0.160. The number of hydrogen-bond acceptors (Lipinski definition) is 6. The second kappa shape index (κ2) is 7.02. The van der Waals surface area contributed by atoms with Gasteiger partial charge in [-0.25, -0.2) is 4.98 Å². The molecule has 1 saturated heterocycles. The van der Waals surface area contributed by atoms with Gasteiger partial charge in [0.15, 0.2) is 5.69 Å². The molecule has 0 aromatic carbocycles. The molecule has 3 heterocycles. The average Bonchev–Trinajstić information content (AvgIpc) is 3.08. The number of hydrogen-bond donors (Lipinski definition) is 1. The lowest BCUT2D eigenvalue weighted by Crippen LogP contribution is -2.65. The topological polar surface area (TPSA) is 96.9 Å². The summed E-state index contributed by atoms with van der Waals surface area (Å²) in [5, 5.41) is 10.1. The predicted molar refractivity (Wildman–Crippen MR) is 89.0 cm³/mol. The number of alkyl halides is 3. The number of halogens is 3. The van der Waals surface area contributed by atoms with Crippen molar-refractivity contribution >= 4 is 5.91 Å². The molecule has 0 bridgehead atoms. The maximum absolute atomic E-state index is 12.7. The summed E-state index contributed by atoms with van der Waals surface area (Å²) >= 11 is 0. The third-order valence-corrected chi connectivity index (χ3v) is 5.22. The van der Waals surface area contributed by atoms with Crippen LogP contribution in [0.1, 0.15) is 37.1 Å². The highest BCUT2D eigenvalue weighted by Crippen LogP contribution is 2.49. The molecular weight excluding hydrogens is 377 g/mol. The SMILES string of the molecule is O=C(CCCc1cnn[nH]1)N1CC2(CC(Oc3cncc(C(F)(F)F)n3)C2)C1. The molecule has 4 rings (SSSR count). The number of aromatic nitrogens is 5. The number of nitrogens with zero attached hydrogens (tertiary/aromatic N) is 5. The minimum atomic E-state index is -4.55. The molecule has 0 atom stereocenters. The Balaban J connectivity index is 1.19. The van der Waals surface area contributed by atoms with E-state index in [0.29, 0.717) is 38.5 Å². The molecule has 11 heteroatoms. The maximum Gasteiger partial charge on any atom is 0.435 e. The van der Waals surface area contributed by atoms with Gasteiger partial charge in [-0.1, -0.05) is 5.21 Å². The van der Waals surface area contributed by atoms with Crippen molar-refractivity contribution in [3.8, 4) is 5.88 Å². The highest BCUT2D eigenvalue weighted by molar-refractivity contribution is 5.77. The molecule has 1 aliphatic carbocycles. The van der Waals surface area contributed by atoms with E-state index in [-0.39, 0.29) is 23.3 Å². The van der Waals surface area contributed by atoms with E-state index in [1.165, 1.54) is 6.20 Å². The Labute approximate surface area is 158 Å². The van der Waals surface area contributed by atoms with Crippen molar-refractivity contribution in [3.63, 3.8) is 0 Å². The molecule has 2 aliphatic rings. The van der Waals surface area contributed by atoms with Crippen LogP contribution in [0, 0.1) is 5.41 Å². The van der Waals surface area contributed by atoms with Gasteiger partial charge < -0.3 is 9.64 Å². The van der Waals surface area contributed by atoms with Gasteiger partial charge in [0, 0.05) is 24.9 Å². The molecule has 1 N–H and O–H groups in total. The van der Waals surface area contributed by atoms with E-state index in [2.05, 4.69) is 25.4 Å². The van der Waals surface area contributed by atoms with Gasteiger partial charge in [-0.05, 0) is 25.7 Å². The number of aromatic amines is 1. The second-order valence-corrected chi connectivity index (χ2v) is 7.47. The zero-order valence-electron chi connectivity index (χ0n) is 14.9. The molecule has 2 fully saturated rings. The van der Waals surface area contributed by atoms with Crippen molar-refractivity contribution in [2.24, 2.45) is 5.41 Å². The molecule has 1 spiro atoms. The van der Waals surface area contributed by atoms with E-state index in [1.807, 2.05) is 4.90 Å². The Bertz CT molecular complexity index is 828. The molecule has 8 nitrogen and oxygen atoms in total. The minimum absolute atomic E-state index is 0.0304. The number of H-pyrrole nitrogens is 1. The lowest BCUT2D eigenvalue weighted by Gasteiger charge is -2.58. The van der Waals surface area contributed by atoms with Crippen LogP contribution in [0.4, 0.5) is 13.2 Å². The van der Waals surface area contributed by atoms with Crippen LogP contribution in [0.25, 0.3) is 0 Å². The first-order valence-corrected chi connectivity index (χ1v) is 9.02. The molecule has 2 aromatic heterocycles. The van der Waals surface area contributed by atoms with Gasteiger partial charge in [-0.3, -0.25) is 14.9 Å². The van der Waals surface area contributed by atoms with Crippen molar-refractivity contribution in [1.82, 2.24) is 30.3 Å². The molecule has 1 amide bonds. The van der Waals surface area contributed by atoms with Gasteiger partial charge >= 0.3 is 6.18 Å². The molecule has 2 aromatic rings. The Hall–Kier alpha value is -2.72. The summed E-state index contributed by atoms with van der Waals surface area (Å²) < 4.78 is 43.5. The minimum Gasteiger partial charge on any atom is -0.473 e. The summed E-state index contributed by atoms with van der Waals surface area (Å²) in [6, 6.07) is 0. The zero-order valence-corrected chi connectivity index (χ0v) is 14.9. The van der Waals surface area contributed by atoms with Crippen LogP contribution in [-0.4, -0.2) is 55.4 Å². The van der Waals surface area contributed by atoms with Crippen molar-refractivity contribution < 1.29 is 22.7 Å². The van der Waals surface area contributed by atoms with Crippen LogP contribution in [0.2, 0.25) is 0 Å². The Morgan fingerprint density at radius 3 is 2.75 bits per heavy atom. The van der Waals surface area contributed by atoms with Crippen LogP contribution in [0.3, 0.4) is 0 Å². The van der Waals surface area contributed by atoms with Gasteiger partial charge in [0.05, 0.1) is 24.3 Å². The fraction of sp³-hybridized carbons (Fsp3) is 0.588. The van der Waals surface area contributed by atoms with Crippen LogP contribution in [-0.2, 0) is 17.4 Å². The molecule has 0 radical (unpaired) electrons. The maximum atomic E-state index is 12.7. The summed E-state index contributed by atoms with van der Waals surface area (Å²) in [6.45, 7) is 1.34. The number of likely N-dealkylation sites (tertiary alicyclic amines) is 1. The fourth-order valence-corrected chi connectivity index (χ4v) is 3.83. The number of ether oxygens (including phenoxy) is 1. The van der Waals surface area contributed by atoms with E-state index in [9.17, 15) is 18.0 Å². The van der Waals surface area contributed by atoms with Crippen LogP contribution >= 0.6 is 0 Å². The summed E-state index contributed by atoms with van der Waals surface area (Å²) in [6.07, 6.45) is 2.10. The summed E-state index contributed by atoms with van der Waals surface area (Å²) in [5.41, 5.74) is -0.127. The normalized spacial score (nSPS) is 18.6. The van der Waals surface area contributed by atoms with Gasteiger partial charge in [-0.2, -0.15) is 13.2 Å². The largest absolute Gasteiger partial charge is 0.473 e. The van der Waals surface area contributed by atoms with Crippen molar-refractivity contribution in [2.75, 3.05) is 13.1 Å². The first-order valence-electron chi connectivity index (χ1n) is 9.02. The van der Waals surface area contributed by atoms with Crippen LogP contribution in [0.15, 0.2) is 18.6 Å². The van der Waals surface area contributed by atoms with Gasteiger partial charge in [0.25, 0.3) is 0 Å². The molecule has 28 heavy (non-hydrogen) atoms. The highest BCUT2D eigenvalue weighted by Gasteiger charge is 2.54. The number of amides is 1. The van der Waals surface area contributed by atoms with E-state index in [1.54, 1.807) is 6.20 Å². The van der Waals surface area contributed by atoms with Crippen molar-refractivity contribution in [3.05, 3.63) is 30.0 Å². The van der Waals surface area contributed by atoms with Gasteiger partial charge in [0.1, 0.15) is 6.10 Å². The lowest BCUT2D eigenvalue weighted by atomic mass is 9.61. The van der Waals surface area contributed by atoms with E-state index >= 15 is 0 Å². The quantitative estimate of drug-likeness (QED) is 0.802.